The molecule has 0 aromatic carbocycles. The molecule has 0 aliphatic carbocycles. The molecule has 0 aliphatic heterocycles. The monoisotopic (exact) mass is 294 g/mol. The maximum atomic E-state index is 9.09. The molecule has 7 heteroatoms. The zero-order valence-electron chi connectivity index (χ0n) is 12.7. The molecule has 0 heterocycles. The van der Waals surface area contributed by atoms with Gasteiger partial charge in [-0.3, -0.25) is 9.59 Å². The van der Waals surface area contributed by atoms with Crippen LogP contribution in [0.5, 0.6) is 0 Å². The Morgan fingerprint density at radius 1 is 0.824 bits per heavy atom. The Hall–Kier alpha value is 0.640. The van der Waals surface area contributed by atoms with Gasteiger partial charge in [0.1, 0.15) is 0 Å². The summed E-state index contributed by atoms with van der Waals surface area (Å²) in [6.45, 7) is 8.72. The van der Waals surface area contributed by atoms with Gasteiger partial charge in [-0.05, 0) is 0 Å². The number of rotatable bonds is 2. The average Bonchev–Trinajstić information content (AvgIpc) is 2.16. The van der Waals surface area contributed by atoms with Crippen LogP contribution < -0.4 is 41.0 Å². The first kappa shape index (κ1) is 30.6. The summed E-state index contributed by atoms with van der Waals surface area (Å²) in [6, 6.07) is 0. The second-order valence-corrected chi connectivity index (χ2v) is 3.56. The van der Waals surface area contributed by atoms with Crippen molar-refractivity contribution in [2.24, 2.45) is 11.5 Å². The predicted molar refractivity (Wildman–Crippen MR) is 79.4 cm³/mol. The van der Waals surface area contributed by atoms with Crippen molar-refractivity contribution in [3.05, 3.63) is 0 Å². The second-order valence-electron chi connectivity index (χ2n) is 2.68. The second kappa shape index (κ2) is 36.0. The first-order valence-electron chi connectivity index (χ1n) is 5.26. The van der Waals surface area contributed by atoms with Crippen molar-refractivity contribution in [1.82, 2.24) is 0 Å². The molecule has 4 N–H and O–H groups in total. The van der Waals surface area contributed by atoms with Gasteiger partial charge in [0, 0.05) is 0 Å². The quantitative estimate of drug-likeness (QED) is 0.447. The number of carbonyl (C=O) groups excluding carboxylic acids is 2. The van der Waals surface area contributed by atoms with Crippen LogP contribution in [0, 0.1) is 0 Å². The summed E-state index contributed by atoms with van der Waals surface area (Å²) in [4.78, 5) is 18.2. The number of amides is 2. The van der Waals surface area contributed by atoms with Gasteiger partial charge in [-0.1, -0.05) is 78.6 Å². The first-order valence-corrected chi connectivity index (χ1v) is 6.16. The minimum absolute atomic E-state index is 0. The van der Waals surface area contributed by atoms with Gasteiger partial charge >= 0.3 is 29.6 Å². The summed E-state index contributed by atoms with van der Waals surface area (Å²) in [5.74, 6) is 0. The Morgan fingerprint density at radius 2 is 0.882 bits per heavy atom. The molecule has 0 atom stereocenters. The molecule has 2 amide bonds. The van der Waals surface area contributed by atoms with E-state index in [2.05, 4.69) is 64.4 Å². The Labute approximate surface area is 140 Å². The first-order chi connectivity index (χ1) is 7.29. The standard InChI is InChI=1S/2C4H10.2CH3NOS.Na.H/c2*1-3-4-2;2*2-1(3)4;;/h2*3-4H2,1-2H3;2*(H3,2,3,4);;/q;;;;+1;-1. The molecular weight excluding hydrogens is 267 g/mol. The third kappa shape index (κ3) is 512. The van der Waals surface area contributed by atoms with Crippen LogP contribution in [0.1, 0.15) is 54.8 Å². The fourth-order valence-electron chi connectivity index (χ4n) is 0. The molecule has 0 fully saturated rings. The van der Waals surface area contributed by atoms with Gasteiger partial charge in [-0.2, -0.15) is 0 Å². The van der Waals surface area contributed by atoms with E-state index in [0.29, 0.717) is 0 Å². The molecular formula is C10H27N2NaO2S2. The fourth-order valence-corrected chi connectivity index (χ4v) is 0. The fraction of sp³-hybridized carbons (Fsp3) is 0.800. The Bertz CT molecular complexity index is 128. The summed E-state index contributed by atoms with van der Waals surface area (Å²) in [7, 11) is 0. The molecule has 0 spiro atoms. The normalized spacial score (nSPS) is 6.47. The van der Waals surface area contributed by atoms with E-state index >= 15 is 0 Å². The summed E-state index contributed by atoms with van der Waals surface area (Å²) >= 11 is 6.21. The van der Waals surface area contributed by atoms with Crippen molar-refractivity contribution >= 4 is 35.7 Å². The molecule has 17 heavy (non-hydrogen) atoms. The van der Waals surface area contributed by atoms with Gasteiger partial charge in [0.25, 0.3) is 10.5 Å². The van der Waals surface area contributed by atoms with Crippen LogP contribution in [0.15, 0.2) is 0 Å². The van der Waals surface area contributed by atoms with E-state index in [1.54, 1.807) is 0 Å². The molecule has 0 unspecified atom stereocenters. The van der Waals surface area contributed by atoms with Gasteiger partial charge in [0.15, 0.2) is 0 Å². The van der Waals surface area contributed by atoms with E-state index < -0.39 is 10.5 Å². The molecule has 0 aliphatic rings. The van der Waals surface area contributed by atoms with Crippen LogP contribution in [0.2, 0.25) is 0 Å². The van der Waals surface area contributed by atoms with Crippen molar-refractivity contribution in [1.29, 1.82) is 0 Å². The van der Waals surface area contributed by atoms with E-state index in [1.165, 1.54) is 25.7 Å². The number of carbonyl (C=O) groups is 2. The summed E-state index contributed by atoms with van der Waals surface area (Å²) in [5.41, 5.74) is 8.67. The van der Waals surface area contributed by atoms with E-state index in [4.69, 9.17) is 9.59 Å². The molecule has 102 valence electrons. The number of hydrogen-bond acceptors (Lipinski definition) is 2. The molecule has 0 aromatic heterocycles. The Morgan fingerprint density at radius 3 is 0.882 bits per heavy atom. The van der Waals surface area contributed by atoms with Crippen LogP contribution in [0.25, 0.3) is 0 Å². The van der Waals surface area contributed by atoms with Gasteiger partial charge < -0.3 is 12.9 Å². The summed E-state index contributed by atoms with van der Waals surface area (Å²) in [6.07, 6.45) is 5.28. The minimum Gasteiger partial charge on any atom is -1.00 e. The third-order valence-corrected chi connectivity index (χ3v) is 1.000. The number of primary amides is 2. The van der Waals surface area contributed by atoms with Gasteiger partial charge in [0.05, 0.1) is 0 Å². The van der Waals surface area contributed by atoms with Crippen molar-refractivity contribution < 1.29 is 40.6 Å². The summed E-state index contributed by atoms with van der Waals surface area (Å²) < 4.78 is 0. The van der Waals surface area contributed by atoms with Crippen molar-refractivity contribution in [3.63, 3.8) is 0 Å². The van der Waals surface area contributed by atoms with Crippen LogP contribution in [0.3, 0.4) is 0 Å². The number of hydrogen-bond donors (Lipinski definition) is 4. The van der Waals surface area contributed by atoms with Gasteiger partial charge in [0.2, 0.25) is 0 Å². The molecule has 0 bridgehead atoms. The third-order valence-electron chi connectivity index (χ3n) is 1.000. The van der Waals surface area contributed by atoms with E-state index in [1.807, 2.05) is 0 Å². The number of thiol groups is 2. The van der Waals surface area contributed by atoms with E-state index in [-0.39, 0.29) is 31.0 Å². The van der Waals surface area contributed by atoms with Crippen LogP contribution in [-0.2, 0) is 0 Å². The van der Waals surface area contributed by atoms with Crippen molar-refractivity contribution in [2.45, 2.75) is 53.4 Å². The van der Waals surface area contributed by atoms with Crippen molar-refractivity contribution in [3.8, 4) is 0 Å². The zero-order valence-corrected chi connectivity index (χ0v) is 15.5. The maximum Gasteiger partial charge on any atom is 1.00 e. The minimum atomic E-state index is -0.639. The largest absolute Gasteiger partial charge is 1.00 e. The smallest absolute Gasteiger partial charge is 1.00 e. The maximum absolute atomic E-state index is 9.09. The molecule has 0 radical (unpaired) electrons. The molecule has 4 nitrogen and oxygen atoms in total. The Kier molecular flexibility index (Phi) is 64.7. The summed E-state index contributed by atoms with van der Waals surface area (Å²) in [5, 5.41) is -1.28. The number of nitrogens with two attached hydrogens (primary N) is 2. The van der Waals surface area contributed by atoms with Crippen LogP contribution >= 0.6 is 25.3 Å². The topological polar surface area (TPSA) is 86.2 Å². The van der Waals surface area contributed by atoms with Gasteiger partial charge in [-0.25, -0.2) is 0 Å². The SMILES string of the molecule is CCCC.CCCC.NC(=O)S.NC(=O)S.[H-].[Na+]. The predicted octanol–water partition coefficient (Wildman–Crippen LogP) is 0.719. The molecule has 0 saturated heterocycles. The average molecular weight is 294 g/mol. The van der Waals surface area contributed by atoms with Crippen LogP contribution in [0.4, 0.5) is 9.59 Å². The molecule has 0 saturated carbocycles. The van der Waals surface area contributed by atoms with Crippen LogP contribution in [-0.4, -0.2) is 10.5 Å². The van der Waals surface area contributed by atoms with Gasteiger partial charge in [-0.15, -0.1) is 0 Å². The van der Waals surface area contributed by atoms with E-state index in [0.717, 1.165) is 0 Å². The number of unbranched alkanes of at least 4 members (excludes halogenated alkanes) is 2. The van der Waals surface area contributed by atoms with E-state index in [9.17, 15) is 0 Å². The molecule has 0 rings (SSSR count). The Balaban J connectivity index is -0.0000000257. The zero-order chi connectivity index (χ0) is 14.0. The van der Waals surface area contributed by atoms with Crippen molar-refractivity contribution in [2.75, 3.05) is 0 Å². The molecule has 0 aromatic rings.